The lowest BCUT2D eigenvalue weighted by atomic mass is 10.0. The molecule has 0 bridgehead atoms. The highest BCUT2D eigenvalue weighted by molar-refractivity contribution is 5.74. The number of esters is 2. The van der Waals surface area contributed by atoms with Gasteiger partial charge in [-0.2, -0.15) is 0 Å². The number of nitro groups is 1. The van der Waals surface area contributed by atoms with Crippen LogP contribution in [-0.2, 0) is 32.0 Å². The molecule has 0 aliphatic heterocycles. The Kier molecular flexibility index (Phi) is 8.11. The van der Waals surface area contributed by atoms with E-state index in [1.54, 1.807) is 53.7 Å². The second-order valence-corrected chi connectivity index (χ2v) is 8.45. The number of carbonyl (C=O) groups is 2. The minimum Gasteiger partial charge on any atom is -0.460 e. The summed E-state index contributed by atoms with van der Waals surface area (Å²) in [7, 11) is 0. The Morgan fingerprint density at radius 1 is 1.04 bits per heavy atom. The second-order valence-electron chi connectivity index (χ2n) is 8.45. The Balaban J connectivity index is 2.81. The molecule has 0 amide bonds. The van der Waals surface area contributed by atoms with Gasteiger partial charge in [-0.05, 0) is 47.1 Å². The van der Waals surface area contributed by atoms with Crippen molar-refractivity contribution in [2.24, 2.45) is 0 Å². The fourth-order valence-electron chi connectivity index (χ4n) is 2.49. The van der Waals surface area contributed by atoms with Gasteiger partial charge < -0.3 is 14.8 Å². The fourth-order valence-corrected chi connectivity index (χ4v) is 2.49. The minimum absolute atomic E-state index is 0.0674. The maximum absolute atomic E-state index is 12.1. The highest BCUT2D eigenvalue weighted by Crippen LogP contribution is 2.23. The van der Waals surface area contributed by atoms with E-state index in [1.165, 1.54) is 6.07 Å². The Morgan fingerprint density at radius 2 is 1.61 bits per heavy atom. The van der Waals surface area contributed by atoms with E-state index >= 15 is 0 Å². The number of carbonyl (C=O) groups excluding carboxylic acids is 2. The summed E-state index contributed by atoms with van der Waals surface area (Å²) < 4.78 is 10.5. The van der Waals surface area contributed by atoms with Crippen LogP contribution in [0.5, 0.6) is 0 Å². The van der Waals surface area contributed by atoms with E-state index in [-0.39, 0.29) is 31.0 Å². The third kappa shape index (κ3) is 8.94. The zero-order chi connectivity index (χ0) is 21.5. The number of hydrogen-bond donors (Lipinski definition) is 1. The summed E-state index contributed by atoms with van der Waals surface area (Å²) in [5.41, 5.74) is -0.346. The molecule has 0 spiro atoms. The van der Waals surface area contributed by atoms with E-state index in [0.717, 1.165) is 0 Å². The normalized spacial score (nSPS) is 11.8. The van der Waals surface area contributed by atoms with Crippen molar-refractivity contribution in [3.05, 3.63) is 39.4 Å². The number of rotatable bonds is 8. The van der Waals surface area contributed by atoms with Gasteiger partial charge in [-0.15, -0.1) is 0 Å². The number of benzene rings is 1. The third-order valence-corrected chi connectivity index (χ3v) is 3.43. The highest BCUT2D eigenvalue weighted by Gasteiger charge is 2.22. The third-order valence-electron chi connectivity index (χ3n) is 3.43. The average molecular weight is 394 g/mol. The van der Waals surface area contributed by atoms with Crippen molar-refractivity contribution in [1.82, 2.24) is 5.32 Å². The van der Waals surface area contributed by atoms with E-state index in [0.29, 0.717) is 17.7 Å². The molecule has 28 heavy (non-hydrogen) atoms. The van der Waals surface area contributed by atoms with E-state index in [2.05, 4.69) is 5.32 Å². The van der Waals surface area contributed by atoms with Crippen LogP contribution in [-0.4, -0.2) is 34.6 Å². The maximum Gasteiger partial charge on any atom is 0.310 e. The molecular weight excluding hydrogens is 364 g/mol. The van der Waals surface area contributed by atoms with Crippen LogP contribution < -0.4 is 5.32 Å². The van der Waals surface area contributed by atoms with Gasteiger partial charge in [-0.25, -0.2) is 0 Å². The molecule has 0 atom stereocenters. The predicted molar refractivity (Wildman–Crippen MR) is 105 cm³/mol. The Labute approximate surface area is 165 Å². The summed E-state index contributed by atoms with van der Waals surface area (Å²) in [5, 5.41) is 14.4. The Morgan fingerprint density at radius 3 is 2.14 bits per heavy atom. The first kappa shape index (κ1) is 23.6. The minimum atomic E-state index is -0.635. The highest BCUT2D eigenvalue weighted by atomic mass is 16.6. The molecule has 1 rings (SSSR count). The van der Waals surface area contributed by atoms with Gasteiger partial charge in [-0.3, -0.25) is 19.7 Å². The van der Waals surface area contributed by atoms with Crippen LogP contribution in [0.1, 0.15) is 59.1 Å². The van der Waals surface area contributed by atoms with Gasteiger partial charge in [0.1, 0.15) is 11.2 Å². The molecule has 0 fully saturated rings. The molecule has 8 heteroatoms. The summed E-state index contributed by atoms with van der Waals surface area (Å²) in [6.45, 7) is 11.1. The Hall–Kier alpha value is -2.48. The summed E-state index contributed by atoms with van der Waals surface area (Å²) in [6, 6.07) is 4.60. The van der Waals surface area contributed by atoms with Gasteiger partial charge in [0.15, 0.2) is 0 Å². The summed E-state index contributed by atoms with van der Waals surface area (Å²) >= 11 is 0. The molecule has 1 N–H and O–H groups in total. The zero-order valence-corrected chi connectivity index (χ0v) is 17.5. The first-order chi connectivity index (χ1) is 12.8. The number of nitrogens with zero attached hydrogens (tertiary/aromatic N) is 1. The number of nitrogens with one attached hydrogen (secondary N) is 1. The molecule has 0 saturated heterocycles. The molecule has 0 heterocycles. The Bertz CT molecular complexity index is 716. The van der Waals surface area contributed by atoms with Crippen molar-refractivity contribution in [3.63, 3.8) is 0 Å². The van der Waals surface area contributed by atoms with Crippen LogP contribution in [0.2, 0.25) is 0 Å². The lowest BCUT2D eigenvalue weighted by Gasteiger charge is -2.20. The maximum atomic E-state index is 12.1. The smallest absolute Gasteiger partial charge is 0.310 e. The number of ether oxygens (including phenoxy) is 2. The van der Waals surface area contributed by atoms with Crippen molar-refractivity contribution in [2.45, 2.75) is 72.1 Å². The van der Waals surface area contributed by atoms with Gasteiger partial charge in [-0.1, -0.05) is 12.1 Å². The first-order valence-electron chi connectivity index (χ1n) is 9.18. The molecule has 0 aromatic heterocycles. The largest absolute Gasteiger partial charge is 0.460 e. The molecule has 0 radical (unpaired) electrons. The van der Waals surface area contributed by atoms with Crippen molar-refractivity contribution in [2.75, 3.05) is 6.54 Å². The molecule has 1 aromatic rings. The first-order valence-corrected chi connectivity index (χ1v) is 9.18. The van der Waals surface area contributed by atoms with Gasteiger partial charge in [0.25, 0.3) is 5.69 Å². The monoisotopic (exact) mass is 394 g/mol. The van der Waals surface area contributed by atoms with E-state index in [9.17, 15) is 19.7 Å². The zero-order valence-electron chi connectivity index (χ0n) is 17.5. The quantitative estimate of drug-likeness (QED) is 0.312. The van der Waals surface area contributed by atoms with E-state index in [4.69, 9.17) is 9.47 Å². The molecule has 0 aliphatic rings. The van der Waals surface area contributed by atoms with Crippen molar-refractivity contribution in [3.8, 4) is 0 Å². The lowest BCUT2D eigenvalue weighted by molar-refractivity contribution is -0.385. The standard InChI is InChI=1S/C20H30N2O6/c1-19(2,3)27-17(23)10-11-21-13-15-14(8-7-9-16(15)22(25)26)12-18(24)28-20(4,5)6/h7-9,21H,10-13H2,1-6H3. The van der Waals surface area contributed by atoms with Gasteiger partial charge in [0, 0.05) is 24.7 Å². The van der Waals surface area contributed by atoms with Crippen LogP contribution in [0.3, 0.4) is 0 Å². The van der Waals surface area contributed by atoms with Crippen LogP contribution in [0.25, 0.3) is 0 Å². The van der Waals surface area contributed by atoms with Crippen molar-refractivity contribution < 1.29 is 24.0 Å². The molecule has 0 aliphatic carbocycles. The molecule has 156 valence electrons. The summed E-state index contributed by atoms with van der Waals surface area (Å²) in [5.74, 6) is -0.806. The molecule has 0 saturated carbocycles. The van der Waals surface area contributed by atoms with E-state index < -0.39 is 22.1 Å². The van der Waals surface area contributed by atoms with Crippen LogP contribution in [0, 0.1) is 10.1 Å². The van der Waals surface area contributed by atoms with Crippen LogP contribution in [0.4, 0.5) is 5.69 Å². The second kappa shape index (κ2) is 9.64. The van der Waals surface area contributed by atoms with Crippen molar-refractivity contribution >= 4 is 17.6 Å². The van der Waals surface area contributed by atoms with Gasteiger partial charge in [0.2, 0.25) is 0 Å². The molecule has 8 nitrogen and oxygen atoms in total. The summed E-state index contributed by atoms with van der Waals surface area (Å²) in [4.78, 5) is 34.8. The van der Waals surface area contributed by atoms with Crippen molar-refractivity contribution in [1.29, 1.82) is 0 Å². The molecule has 1 aromatic carbocycles. The molecule has 0 unspecified atom stereocenters. The van der Waals surface area contributed by atoms with Crippen LogP contribution >= 0.6 is 0 Å². The fraction of sp³-hybridized carbons (Fsp3) is 0.600. The predicted octanol–water partition coefficient (Wildman–Crippen LogP) is 3.30. The molecular formula is C20H30N2O6. The topological polar surface area (TPSA) is 108 Å². The van der Waals surface area contributed by atoms with Gasteiger partial charge >= 0.3 is 11.9 Å². The average Bonchev–Trinajstić information content (AvgIpc) is 2.48. The summed E-state index contributed by atoms with van der Waals surface area (Å²) in [6.07, 6.45) is 0.0708. The number of nitro benzene ring substituents is 1. The van der Waals surface area contributed by atoms with Crippen LogP contribution in [0.15, 0.2) is 18.2 Å². The SMILES string of the molecule is CC(C)(C)OC(=O)CCNCc1c(CC(=O)OC(C)(C)C)cccc1[N+](=O)[O-]. The number of hydrogen-bond acceptors (Lipinski definition) is 7. The van der Waals surface area contributed by atoms with E-state index in [1.807, 2.05) is 0 Å². The van der Waals surface area contributed by atoms with Gasteiger partial charge in [0.05, 0.1) is 17.8 Å². The lowest BCUT2D eigenvalue weighted by Crippen LogP contribution is -2.27.